The summed E-state index contributed by atoms with van der Waals surface area (Å²) in [7, 11) is 0. The van der Waals surface area contributed by atoms with Gasteiger partial charge in [0.25, 0.3) is 0 Å². The number of fused-ring (bicyclic) bond motifs is 1. The van der Waals surface area contributed by atoms with Crippen LogP contribution < -0.4 is 5.43 Å². The molecular weight excluding hydrogens is 396 g/mol. The van der Waals surface area contributed by atoms with Crippen molar-refractivity contribution in [3.05, 3.63) is 53.2 Å². The Hall–Kier alpha value is -1.96. The largest absolute Gasteiger partial charge is 0.464 e. The van der Waals surface area contributed by atoms with E-state index in [0.29, 0.717) is 5.92 Å². The SMILES string of the molecule is Clc1ccc(SC2OC(C3CCOCC3)=NC2C2=CN3NC=NC3C=C2)cc1. The second-order valence-corrected chi connectivity index (χ2v) is 8.68. The van der Waals surface area contributed by atoms with Crippen molar-refractivity contribution in [3.8, 4) is 0 Å². The second-order valence-electron chi connectivity index (χ2n) is 7.07. The Morgan fingerprint density at radius 3 is 2.82 bits per heavy atom. The average Bonchev–Trinajstić information content (AvgIpc) is 3.37. The van der Waals surface area contributed by atoms with Gasteiger partial charge in [-0.2, -0.15) is 0 Å². The van der Waals surface area contributed by atoms with Gasteiger partial charge in [-0.15, -0.1) is 0 Å². The first kappa shape index (κ1) is 18.1. The molecule has 3 atom stereocenters. The third-order valence-electron chi connectivity index (χ3n) is 5.21. The summed E-state index contributed by atoms with van der Waals surface area (Å²) in [5.41, 5.74) is 4.14. The standard InChI is InChI=1S/C20H21ClN4O2S/c21-15-2-4-16(5-3-15)28-20-18(14-1-6-17-22-12-23-25(17)11-14)24-19(27-20)13-7-9-26-10-8-13/h1-6,11-13,17-18,20H,7-10H2,(H,22,23). The summed E-state index contributed by atoms with van der Waals surface area (Å²) in [5.74, 6) is 1.20. The predicted octanol–water partition coefficient (Wildman–Crippen LogP) is 3.61. The minimum Gasteiger partial charge on any atom is -0.464 e. The van der Waals surface area contributed by atoms with Gasteiger partial charge in [0.15, 0.2) is 17.5 Å². The Labute approximate surface area is 173 Å². The lowest BCUT2D eigenvalue weighted by Crippen LogP contribution is -2.36. The number of nitrogens with zero attached hydrogens (tertiary/aromatic N) is 3. The van der Waals surface area contributed by atoms with Gasteiger partial charge in [0, 0.05) is 35.2 Å². The summed E-state index contributed by atoms with van der Waals surface area (Å²) < 4.78 is 11.9. The summed E-state index contributed by atoms with van der Waals surface area (Å²) in [6, 6.07) is 7.79. The van der Waals surface area contributed by atoms with Gasteiger partial charge in [-0.1, -0.05) is 29.4 Å². The molecule has 0 radical (unpaired) electrons. The average molecular weight is 417 g/mol. The molecule has 6 nitrogen and oxygen atoms in total. The van der Waals surface area contributed by atoms with Crippen molar-refractivity contribution in [2.75, 3.05) is 13.2 Å². The van der Waals surface area contributed by atoms with E-state index in [9.17, 15) is 0 Å². The van der Waals surface area contributed by atoms with Crippen LogP contribution in [0.1, 0.15) is 12.8 Å². The lowest BCUT2D eigenvalue weighted by molar-refractivity contribution is 0.0766. The number of thioether (sulfide) groups is 1. The van der Waals surface area contributed by atoms with Gasteiger partial charge in [0.1, 0.15) is 12.4 Å². The Bertz CT molecular complexity index is 848. The summed E-state index contributed by atoms with van der Waals surface area (Å²) >= 11 is 7.72. The molecule has 1 aromatic rings. The molecule has 0 aromatic heterocycles. The number of rotatable bonds is 4. The van der Waals surface area contributed by atoms with Crippen molar-refractivity contribution in [3.63, 3.8) is 0 Å². The molecule has 1 aromatic carbocycles. The lowest BCUT2D eigenvalue weighted by Gasteiger charge is -2.26. The van der Waals surface area contributed by atoms with Crippen LogP contribution in [0.25, 0.3) is 0 Å². The molecule has 1 fully saturated rings. The van der Waals surface area contributed by atoms with Crippen molar-refractivity contribution in [1.82, 2.24) is 10.4 Å². The number of aliphatic imine (C=N–C) groups is 2. The number of hydrogen-bond donors (Lipinski definition) is 1. The van der Waals surface area contributed by atoms with Gasteiger partial charge in [0.2, 0.25) is 0 Å². The van der Waals surface area contributed by atoms with Crippen molar-refractivity contribution in [1.29, 1.82) is 0 Å². The third-order valence-corrected chi connectivity index (χ3v) is 6.59. The van der Waals surface area contributed by atoms with E-state index in [0.717, 1.165) is 47.4 Å². The number of hydrazine groups is 1. The van der Waals surface area contributed by atoms with Crippen LogP contribution in [0.15, 0.2) is 63.1 Å². The molecule has 0 amide bonds. The highest BCUT2D eigenvalue weighted by Gasteiger charge is 2.38. The highest BCUT2D eigenvalue weighted by atomic mass is 35.5. The van der Waals surface area contributed by atoms with Gasteiger partial charge in [-0.25, -0.2) is 9.98 Å². The quantitative estimate of drug-likeness (QED) is 0.812. The van der Waals surface area contributed by atoms with E-state index in [2.05, 4.69) is 28.8 Å². The zero-order valence-electron chi connectivity index (χ0n) is 15.2. The predicted molar refractivity (Wildman–Crippen MR) is 111 cm³/mol. The minimum absolute atomic E-state index is 0.0207. The maximum Gasteiger partial charge on any atom is 0.188 e. The molecule has 5 rings (SSSR count). The van der Waals surface area contributed by atoms with E-state index >= 15 is 0 Å². The highest BCUT2D eigenvalue weighted by Crippen LogP contribution is 2.38. The van der Waals surface area contributed by atoms with E-state index in [1.54, 1.807) is 18.1 Å². The first-order valence-corrected chi connectivity index (χ1v) is 10.7. The third kappa shape index (κ3) is 3.66. The molecule has 0 bridgehead atoms. The molecule has 0 saturated carbocycles. The van der Waals surface area contributed by atoms with Crippen molar-refractivity contribution >= 4 is 35.6 Å². The zero-order valence-corrected chi connectivity index (χ0v) is 16.8. The fourth-order valence-electron chi connectivity index (χ4n) is 3.68. The summed E-state index contributed by atoms with van der Waals surface area (Å²) in [6.07, 6.45) is 9.94. The molecule has 4 aliphatic heterocycles. The molecular formula is C20H21ClN4O2S. The van der Waals surface area contributed by atoms with Gasteiger partial charge < -0.3 is 9.47 Å². The van der Waals surface area contributed by atoms with Crippen molar-refractivity contribution < 1.29 is 9.47 Å². The van der Waals surface area contributed by atoms with E-state index < -0.39 is 0 Å². The van der Waals surface area contributed by atoms with Gasteiger partial charge in [0.05, 0.1) is 0 Å². The van der Waals surface area contributed by atoms with Gasteiger partial charge in [-0.05, 0) is 48.8 Å². The van der Waals surface area contributed by atoms with Crippen molar-refractivity contribution in [2.24, 2.45) is 15.9 Å². The first-order chi connectivity index (χ1) is 13.8. The monoisotopic (exact) mass is 416 g/mol. The Morgan fingerprint density at radius 2 is 2.00 bits per heavy atom. The van der Waals surface area contributed by atoms with Gasteiger partial charge >= 0.3 is 0 Å². The molecule has 0 aliphatic carbocycles. The molecule has 28 heavy (non-hydrogen) atoms. The fraction of sp³-hybridized carbons (Fsp3) is 0.400. The fourth-order valence-corrected chi connectivity index (χ4v) is 4.86. The molecule has 0 spiro atoms. The summed E-state index contributed by atoms with van der Waals surface area (Å²) in [5, 5.41) is 2.72. The number of halogens is 1. The van der Waals surface area contributed by atoms with Crippen LogP contribution in [0.2, 0.25) is 5.02 Å². The van der Waals surface area contributed by atoms with Crippen LogP contribution in [0.3, 0.4) is 0 Å². The van der Waals surface area contributed by atoms with Gasteiger partial charge in [-0.3, -0.25) is 10.4 Å². The van der Waals surface area contributed by atoms with E-state index in [1.807, 2.05) is 29.3 Å². The Kier molecular flexibility index (Phi) is 5.05. The minimum atomic E-state index is -0.116. The molecule has 4 aliphatic rings. The molecule has 1 N–H and O–H groups in total. The van der Waals surface area contributed by atoms with E-state index in [1.165, 1.54) is 0 Å². The normalized spacial score (nSPS) is 29.2. The smallest absolute Gasteiger partial charge is 0.188 e. The summed E-state index contributed by atoms with van der Waals surface area (Å²) in [6.45, 7) is 1.54. The molecule has 4 heterocycles. The van der Waals surface area contributed by atoms with Crippen LogP contribution in [0.5, 0.6) is 0 Å². The van der Waals surface area contributed by atoms with Crippen LogP contribution in [-0.4, -0.2) is 48.1 Å². The molecule has 146 valence electrons. The Balaban J connectivity index is 1.40. The second kappa shape index (κ2) is 7.81. The Morgan fingerprint density at radius 1 is 1.18 bits per heavy atom. The number of benzene rings is 1. The summed E-state index contributed by atoms with van der Waals surface area (Å²) in [4.78, 5) is 10.5. The zero-order chi connectivity index (χ0) is 18.9. The molecule has 3 unspecified atom stereocenters. The number of nitrogens with one attached hydrogen (secondary N) is 1. The van der Waals surface area contributed by atoms with Crippen LogP contribution in [0, 0.1) is 5.92 Å². The van der Waals surface area contributed by atoms with Crippen LogP contribution in [-0.2, 0) is 9.47 Å². The molecule has 8 heteroatoms. The number of hydrogen-bond acceptors (Lipinski definition) is 7. The van der Waals surface area contributed by atoms with Crippen molar-refractivity contribution in [2.45, 2.75) is 35.4 Å². The van der Waals surface area contributed by atoms with E-state index in [-0.39, 0.29) is 17.6 Å². The maximum atomic E-state index is 6.39. The maximum absolute atomic E-state index is 6.39. The van der Waals surface area contributed by atoms with E-state index in [4.69, 9.17) is 26.1 Å². The highest BCUT2D eigenvalue weighted by molar-refractivity contribution is 7.99. The van der Waals surface area contributed by atoms with Crippen LogP contribution >= 0.6 is 23.4 Å². The topological polar surface area (TPSA) is 58.5 Å². The number of ether oxygens (including phenoxy) is 2. The first-order valence-electron chi connectivity index (χ1n) is 9.47. The molecule has 1 saturated heterocycles. The van der Waals surface area contributed by atoms with Crippen LogP contribution in [0.4, 0.5) is 0 Å². The lowest BCUT2D eigenvalue weighted by atomic mass is 10.0.